The van der Waals surface area contributed by atoms with E-state index in [1.807, 2.05) is 43.8 Å². The maximum atomic E-state index is 15.6. The molecule has 232 valence electrons. The third-order valence-electron chi connectivity index (χ3n) is 8.78. The van der Waals surface area contributed by atoms with Crippen molar-refractivity contribution < 1.29 is 18.7 Å². The Morgan fingerprint density at radius 3 is 2.67 bits per heavy atom. The molecule has 1 unspecified atom stereocenters. The van der Waals surface area contributed by atoms with Crippen molar-refractivity contribution in [1.29, 1.82) is 5.26 Å². The molecule has 10 nitrogen and oxygen atoms in total. The average Bonchev–Trinajstić information content (AvgIpc) is 3.40. The first-order valence-corrected chi connectivity index (χ1v) is 15.0. The number of amides is 1. The average molecular weight is 610 g/mol. The highest BCUT2D eigenvalue weighted by Crippen LogP contribution is 2.37. The fourth-order valence-corrected chi connectivity index (χ4v) is 5.98. The predicted molar refractivity (Wildman–Crippen MR) is 169 cm³/mol. The molecule has 0 aliphatic carbocycles. The molecule has 1 amide bonds. The van der Waals surface area contributed by atoms with Crippen LogP contribution in [0.1, 0.15) is 32.7 Å². The van der Waals surface area contributed by atoms with Crippen LogP contribution in [0.3, 0.4) is 0 Å². The van der Waals surface area contributed by atoms with Gasteiger partial charge in [-0.25, -0.2) is 9.37 Å². The number of nitrogen functional groups attached to an aromatic ring is 1. The van der Waals surface area contributed by atoms with Crippen LogP contribution in [-0.4, -0.2) is 75.4 Å². The number of nitrogens with two attached hydrogens (primary N) is 1. The lowest BCUT2D eigenvalue weighted by Gasteiger charge is -2.43. The second-order valence-electron chi connectivity index (χ2n) is 12.1. The number of hydrogen-bond donors (Lipinski definition) is 1. The number of carbonyl (C=O) groups excluding carboxylic acids is 1. The molecule has 2 aromatic carbocycles. The summed E-state index contributed by atoms with van der Waals surface area (Å²) in [6.45, 7) is 6.11. The van der Waals surface area contributed by atoms with E-state index in [0.29, 0.717) is 54.4 Å². The number of halogens is 1. The van der Waals surface area contributed by atoms with E-state index < -0.39 is 11.4 Å². The number of aromatic nitrogens is 3. The van der Waals surface area contributed by atoms with Crippen LogP contribution in [0.15, 0.2) is 72.4 Å². The van der Waals surface area contributed by atoms with E-state index in [1.165, 1.54) is 6.07 Å². The van der Waals surface area contributed by atoms with Gasteiger partial charge in [0, 0.05) is 36.5 Å². The second-order valence-corrected chi connectivity index (χ2v) is 12.1. The van der Waals surface area contributed by atoms with E-state index in [4.69, 9.17) is 20.3 Å². The highest BCUT2D eigenvalue weighted by Gasteiger charge is 2.35. The molecule has 11 heteroatoms. The third-order valence-corrected chi connectivity index (χ3v) is 8.78. The number of likely N-dealkylation sites (N-methyl/N-ethyl adjacent to an activating group) is 1. The minimum absolute atomic E-state index is 0.104. The topological polar surface area (TPSA) is 123 Å². The zero-order valence-electron chi connectivity index (χ0n) is 25.6. The van der Waals surface area contributed by atoms with Crippen molar-refractivity contribution in [3.63, 3.8) is 0 Å². The quantitative estimate of drug-likeness (QED) is 0.210. The molecular weight excluding hydrogens is 573 g/mol. The second kappa shape index (κ2) is 12.3. The Bertz CT molecular complexity index is 1790. The molecule has 2 fully saturated rings. The number of ether oxygens (including phenoxy) is 2. The highest BCUT2D eigenvalue weighted by atomic mass is 19.1. The number of likely N-dealkylation sites (tertiary alicyclic amines) is 1. The zero-order valence-corrected chi connectivity index (χ0v) is 25.6. The largest absolute Gasteiger partial charge is 0.457 e. The van der Waals surface area contributed by atoms with Gasteiger partial charge in [0.15, 0.2) is 0 Å². The molecule has 1 atom stereocenters. The van der Waals surface area contributed by atoms with Gasteiger partial charge in [-0.2, -0.15) is 10.4 Å². The number of piperidine rings is 1. The molecule has 2 aromatic heterocycles. The number of para-hydroxylation sites is 1. The summed E-state index contributed by atoms with van der Waals surface area (Å²) in [7, 11) is 1.98. The van der Waals surface area contributed by atoms with Gasteiger partial charge in [-0.05, 0) is 70.1 Å². The fraction of sp³-hybridized carbons (Fsp3) is 0.353. The standard InChI is InChI=1S/C34H36FN7O3/c1-34(2,40(3)24-20-44-21-24)17-22(18-36)33(43)41-15-7-8-23(19-41)42-29-13-14-38-32(37)30(29)31(39-42)27-12-11-26(16-28(27)35)45-25-9-5-4-6-10-25/h4-6,9-14,16-17,23-24H,7-8,15,19-21H2,1-3H3,(H2,37,38). The van der Waals surface area contributed by atoms with Crippen molar-refractivity contribution >= 4 is 22.6 Å². The highest BCUT2D eigenvalue weighted by molar-refractivity contribution is 6.00. The molecule has 0 spiro atoms. The number of carbonyl (C=O) groups is 1. The lowest BCUT2D eigenvalue weighted by Crippen LogP contribution is -2.55. The van der Waals surface area contributed by atoms with Gasteiger partial charge in [0.2, 0.25) is 0 Å². The summed E-state index contributed by atoms with van der Waals surface area (Å²) in [6, 6.07) is 17.8. The maximum Gasteiger partial charge on any atom is 0.264 e. The summed E-state index contributed by atoms with van der Waals surface area (Å²) in [5.74, 6) is 0.368. The van der Waals surface area contributed by atoms with Crippen molar-refractivity contribution in [2.24, 2.45) is 0 Å². The van der Waals surface area contributed by atoms with Crippen molar-refractivity contribution in [3.8, 4) is 28.8 Å². The van der Waals surface area contributed by atoms with Gasteiger partial charge in [-0.3, -0.25) is 14.4 Å². The van der Waals surface area contributed by atoms with Crippen LogP contribution in [0, 0.1) is 17.1 Å². The lowest BCUT2D eigenvalue weighted by molar-refractivity contribution is -0.128. The van der Waals surface area contributed by atoms with Gasteiger partial charge in [-0.15, -0.1) is 0 Å². The van der Waals surface area contributed by atoms with Gasteiger partial charge in [0.25, 0.3) is 5.91 Å². The van der Waals surface area contributed by atoms with Crippen LogP contribution < -0.4 is 10.5 Å². The van der Waals surface area contributed by atoms with Crippen molar-refractivity contribution in [1.82, 2.24) is 24.6 Å². The molecule has 6 rings (SSSR count). The smallest absolute Gasteiger partial charge is 0.264 e. The molecular formula is C34H36FN7O3. The monoisotopic (exact) mass is 609 g/mol. The molecule has 4 heterocycles. The summed E-state index contributed by atoms with van der Waals surface area (Å²) in [5.41, 5.74) is 7.25. The Kier molecular flexibility index (Phi) is 8.27. The number of nitrogens with zero attached hydrogens (tertiary/aromatic N) is 6. The van der Waals surface area contributed by atoms with Gasteiger partial charge in [-0.1, -0.05) is 18.2 Å². The minimum Gasteiger partial charge on any atom is -0.457 e. The van der Waals surface area contributed by atoms with Gasteiger partial charge < -0.3 is 20.1 Å². The lowest BCUT2D eigenvalue weighted by atomic mass is 9.96. The van der Waals surface area contributed by atoms with E-state index in [0.717, 1.165) is 12.8 Å². The number of hydrogen-bond acceptors (Lipinski definition) is 8. The van der Waals surface area contributed by atoms with E-state index in [2.05, 4.69) is 16.0 Å². The van der Waals surface area contributed by atoms with Crippen LogP contribution in [-0.2, 0) is 9.53 Å². The molecule has 2 aliphatic rings. The van der Waals surface area contributed by atoms with Crippen molar-refractivity contribution in [2.75, 3.05) is 39.1 Å². The first-order valence-electron chi connectivity index (χ1n) is 15.0. The Hall–Kier alpha value is -4.79. The molecule has 2 saturated heterocycles. The Morgan fingerprint density at radius 1 is 1.20 bits per heavy atom. The third kappa shape index (κ3) is 5.99. The first kappa shape index (κ1) is 30.2. The van der Waals surface area contributed by atoms with Gasteiger partial charge in [0.05, 0.1) is 36.2 Å². The van der Waals surface area contributed by atoms with Crippen LogP contribution in [0.5, 0.6) is 11.5 Å². The molecule has 45 heavy (non-hydrogen) atoms. The summed E-state index contributed by atoms with van der Waals surface area (Å²) in [6.07, 6.45) is 4.81. The number of nitriles is 1. The number of pyridine rings is 1. The van der Waals surface area contributed by atoms with E-state index >= 15 is 4.39 Å². The number of anilines is 1. The first-order chi connectivity index (χ1) is 21.7. The van der Waals surface area contributed by atoms with Crippen molar-refractivity contribution in [3.05, 3.63) is 78.3 Å². The van der Waals surface area contributed by atoms with Crippen LogP contribution in [0.2, 0.25) is 0 Å². The summed E-state index contributed by atoms with van der Waals surface area (Å²) in [5, 5.41) is 15.4. The number of benzene rings is 2. The molecule has 2 N–H and O–H groups in total. The minimum atomic E-state index is -0.520. The summed E-state index contributed by atoms with van der Waals surface area (Å²) < 4.78 is 28.6. The zero-order chi connectivity index (χ0) is 31.7. The van der Waals surface area contributed by atoms with E-state index in [-0.39, 0.29) is 34.9 Å². The van der Waals surface area contributed by atoms with E-state index in [1.54, 1.807) is 47.5 Å². The number of rotatable bonds is 8. The van der Waals surface area contributed by atoms with Gasteiger partial charge >= 0.3 is 0 Å². The molecule has 0 saturated carbocycles. The number of fused-ring (bicyclic) bond motifs is 1. The normalized spacial score (nSPS) is 17.7. The van der Waals surface area contributed by atoms with Crippen molar-refractivity contribution in [2.45, 2.75) is 44.3 Å². The maximum absolute atomic E-state index is 15.6. The summed E-state index contributed by atoms with van der Waals surface area (Å²) in [4.78, 5) is 21.8. The predicted octanol–water partition coefficient (Wildman–Crippen LogP) is 5.33. The van der Waals surface area contributed by atoms with Crippen LogP contribution in [0.25, 0.3) is 22.2 Å². The molecule has 0 radical (unpaired) electrons. The fourth-order valence-electron chi connectivity index (χ4n) is 5.98. The van der Waals surface area contributed by atoms with Crippen LogP contribution >= 0.6 is 0 Å². The summed E-state index contributed by atoms with van der Waals surface area (Å²) >= 11 is 0. The Morgan fingerprint density at radius 2 is 1.98 bits per heavy atom. The van der Waals surface area contributed by atoms with Gasteiger partial charge in [0.1, 0.15) is 40.5 Å². The van der Waals surface area contributed by atoms with Crippen LogP contribution in [0.4, 0.5) is 10.2 Å². The molecule has 4 aromatic rings. The Labute approximate surface area is 261 Å². The molecule has 2 aliphatic heterocycles. The van der Waals surface area contributed by atoms with E-state index in [9.17, 15) is 10.1 Å². The SMILES string of the molecule is CN(C1COC1)C(C)(C)C=C(C#N)C(=O)N1CCCC(n2nc(-c3ccc(Oc4ccccc4)cc3F)c3c(N)nccc32)C1. The Balaban J connectivity index is 1.28. The molecule has 0 bridgehead atoms.